The molecule has 28 heavy (non-hydrogen) atoms. The van der Waals surface area contributed by atoms with Gasteiger partial charge in [-0.15, -0.1) is 0 Å². The second-order valence-electron chi connectivity index (χ2n) is 9.10. The van der Waals surface area contributed by atoms with Crippen LogP contribution in [0.5, 0.6) is 0 Å². The van der Waals surface area contributed by atoms with Crippen LogP contribution in [0.25, 0.3) is 11.3 Å². The number of aromatic nitrogens is 2. The van der Waals surface area contributed by atoms with Gasteiger partial charge in [-0.05, 0) is 68.2 Å². The fourth-order valence-corrected chi connectivity index (χ4v) is 5.37. The topological polar surface area (TPSA) is 38.1 Å². The van der Waals surface area contributed by atoms with Gasteiger partial charge in [0, 0.05) is 16.7 Å². The molecule has 0 spiro atoms. The van der Waals surface area contributed by atoms with Gasteiger partial charge in [-0.1, -0.05) is 38.1 Å². The zero-order valence-electron chi connectivity index (χ0n) is 17.2. The van der Waals surface area contributed by atoms with Crippen molar-refractivity contribution in [3.05, 3.63) is 59.6 Å². The van der Waals surface area contributed by atoms with Gasteiger partial charge in [-0.2, -0.15) is 10.2 Å². The van der Waals surface area contributed by atoms with Crippen LogP contribution < -0.4 is 0 Å². The summed E-state index contributed by atoms with van der Waals surface area (Å²) in [7, 11) is 0. The van der Waals surface area contributed by atoms with Crippen molar-refractivity contribution in [2.24, 2.45) is 10.4 Å². The molecule has 2 bridgehead atoms. The Morgan fingerprint density at radius 1 is 1.25 bits per heavy atom. The lowest BCUT2D eigenvalue weighted by Crippen LogP contribution is -2.36. The van der Waals surface area contributed by atoms with Gasteiger partial charge in [0.25, 0.3) is 0 Å². The Bertz CT molecular complexity index is 972. The maximum Gasteiger partial charge on any atom is 0.132 e. The highest BCUT2D eigenvalue weighted by Gasteiger charge is 2.63. The monoisotopic (exact) mass is 377 g/mol. The minimum atomic E-state index is -0.255. The first kappa shape index (κ1) is 19.0. The third kappa shape index (κ3) is 2.73. The lowest BCUT2D eigenvalue weighted by Gasteiger charge is -2.38. The summed E-state index contributed by atoms with van der Waals surface area (Å²) >= 11 is 0. The number of nitrogens with zero attached hydrogens (tertiary/aromatic N) is 3. The normalized spacial score (nSPS) is 24.1. The van der Waals surface area contributed by atoms with Gasteiger partial charge < -0.3 is 0 Å². The molecular formula is C24H28FN3. The second-order valence-corrected chi connectivity index (χ2v) is 9.10. The van der Waals surface area contributed by atoms with Gasteiger partial charge in [-0.3, -0.25) is 4.99 Å². The molecule has 1 aromatic carbocycles. The van der Waals surface area contributed by atoms with Crippen LogP contribution >= 0.6 is 0 Å². The van der Waals surface area contributed by atoms with Gasteiger partial charge >= 0.3 is 0 Å². The van der Waals surface area contributed by atoms with E-state index in [1.807, 2.05) is 19.9 Å². The molecule has 0 saturated heterocycles. The summed E-state index contributed by atoms with van der Waals surface area (Å²) in [4.78, 5) is 4.55. The van der Waals surface area contributed by atoms with Crippen LogP contribution in [0.15, 0.2) is 47.5 Å². The molecule has 4 heteroatoms. The summed E-state index contributed by atoms with van der Waals surface area (Å²) in [6.07, 6.45) is 3.11. The second kappa shape index (κ2) is 6.61. The summed E-state index contributed by atoms with van der Waals surface area (Å²) in [6, 6.07) is 8.86. The van der Waals surface area contributed by atoms with E-state index in [0.29, 0.717) is 23.7 Å². The molecule has 0 amide bonds. The molecule has 2 aromatic rings. The molecule has 1 fully saturated rings. The minimum absolute atomic E-state index is 0.0536. The van der Waals surface area contributed by atoms with Gasteiger partial charge in [0.1, 0.15) is 5.82 Å². The molecule has 0 radical (unpaired) electrons. The predicted octanol–water partition coefficient (Wildman–Crippen LogP) is 5.86. The summed E-state index contributed by atoms with van der Waals surface area (Å²) in [6.45, 7) is 13.7. The van der Waals surface area contributed by atoms with Gasteiger partial charge in [-0.25, -0.2) is 4.39 Å². The number of benzene rings is 1. The fourth-order valence-electron chi connectivity index (χ4n) is 5.37. The van der Waals surface area contributed by atoms with Gasteiger partial charge in [0.05, 0.1) is 17.9 Å². The standard InChI is InChI=1S/C24H28FN3/c1-15(2)26-14-16(3)13-24-11-10-19(23(24,4)5)18-12-21(27-28-22(18)24)17-8-6-7-9-20(17)25/h6-9,12,19H,3,10-11,13-14H2,1-2,4-5H3. The van der Waals surface area contributed by atoms with Gasteiger partial charge in [0.15, 0.2) is 0 Å². The van der Waals surface area contributed by atoms with E-state index in [4.69, 9.17) is 0 Å². The first-order valence-electron chi connectivity index (χ1n) is 10.0. The molecule has 2 atom stereocenters. The number of fused-ring (bicyclic) bond motifs is 5. The molecule has 1 saturated carbocycles. The van der Waals surface area contributed by atoms with Crippen molar-refractivity contribution < 1.29 is 4.39 Å². The maximum absolute atomic E-state index is 14.3. The van der Waals surface area contributed by atoms with Crippen LogP contribution in [-0.4, -0.2) is 22.5 Å². The molecule has 0 aliphatic heterocycles. The highest BCUT2D eigenvalue weighted by molar-refractivity contribution is 5.79. The Labute approximate surface area is 166 Å². The molecule has 3 nitrogen and oxygen atoms in total. The summed E-state index contributed by atoms with van der Waals surface area (Å²) in [5.74, 6) is 0.169. The predicted molar refractivity (Wildman–Crippen MR) is 112 cm³/mol. The lowest BCUT2D eigenvalue weighted by molar-refractivity contribution is 0.203. The molecule has 2 unspecified atom stereocenters. The Morgan fingerprint density at radius 3 is 2.71 bits per heavy atom. The average Bonchev–Trinajstić information content (AvgIpc) is 3.00. The first-order valence-corrected chi connectivity index (χ1v) is 10.0. The van der Waals surface area contributed by atoms with Crippen LogP contribution in [-0.2, 0) is 5.41 Å². The molecule has 4 rings (SSSR count). The number of hydrogen-bond acceptors (Lipinski definition) is 3. The van der Waals surface area contributed by atoms with Crippen molar-refractivity contribution >= 4 is 5.71 Å². The molecule has 0 N–H and O–H groups in total. The molecule has 2 aliphatic rings. The van der Waals surface area contributed by atoms with E-state index >= 15 is 0 Å². The van der Waals surface area contributed by atoms with Crippen LogP contribution in [0.4, 0.5) is 4.39 Å². The molecule has 146 valence electrons. The molecule has 1 heterocycles. The molecule has 2 aliphatic carbocycles. The summed E-state index contributed by atoms with van der Waals surface area (Å²) < 4.78 is 14.3. The van der Waals surface area contributed by atoms with Crippen LogP contribution in [0.1, 0.15) is 64.1 Å². The Morgan fingerprint density at radius 2 is 2.00 bits per heavy atom. The van der Waals surface area contributed by atoms with Crippen molar-refractivity contribution in [1.82, 2.24) is 10.2 Å². The van der Waals surface area contributed by atoms with E-state index in [0.717, 1.165) is 36.2 Å². The Hall–Kier alpha value is -2.36. The zero-order valence-corrected chi connectivity index (χ0v) is 17.2. The fraction of sp³-hybridized carbons (Fsp3) is 0.458. The Kier molecular flexibility index (Phi) is 4.48. The largest absolute Gasteiger partial charge is 0.290 e. The van der Waals surface area contributed by atoms with Crippen molar-refractivity contribution in [2.45, 2.75) is 58.3 Å². The highest BCUT2D eigenvalue weighted by atomic mass is 19.1. The van der Waals surface area contributed by atoms with Crippen molar-refractivity contribution in [1.29, 1.82) is 0 Å². The number of halogens is 1. The summed E-state index contributed by atoms with van der Waals surface area (Å²) in [5, 5.41) is 9.13. The third-order valence-corrected chi connectivity index (χ3v) is 6.94. The lowest BCUT2D eigenvalue weighted by atomic mass is 9.65. The van der Waals surface area contributed by atoms with E-state index in [2.05, 4.69) is 41.7 Å². The summed E-state index contributed by atoms with van der Waals surface area (Å²) in [5.41, 5.74) is 5.71. The number of rotatable bonds is 5. The van der Waals surface area contributed by atoms with Crippen molar-refractivity contribution in [3.63, 3.8) is 0 Å². The van der Waals surface area contributed by atoms with E-state index in [1.54, 1.807) is 12.1 Å². The van der Waals surface area contributed by atoms with Crippen molar-refractivity contribution in [2.75, 3.05) is 6.54 Å². The zero-order chi connectivity index (χ0) is 20.1. The SMILES string of the molecule is C=C(CN=C(C)C)CC12CCC(c3cc(-c4ccccc4F)nnc31)C2(C)C. The van der Waals surface area contributed by atoms with E-state index < -0.39 is 0 Å². The van der Waals surface area contributed by atoms with Crippen LogP contribution in [0.3, 0.4) is 0 Å². The highest BCUT2D eigenvalue weighted by Crippen LogP contribution is 2.69. The molecular weight excluding hydrogens is 349 g/mol. The average molecular weight is 378 g/mol. The quantitative estimate of drug-likeness (QED) is 0.483. The van der Waals surface area contributed by atoms with E-state index in [9.17, 15) is 4.39 Å². The Balaban J connectivity index is 1.75. The smallest absolute Gasteiger partial charge is 0.132 e. The first-order chi connectivity index (χ1) is 13.3. The number of hydrogen-bond donors (Lipinski definition) is 0. The third-order valence-electron chi connectivity index (χ3n) is 6.94. The minimum Gasteiger partial charge on any atom is -0.290 e. The van der Waals surface area contributed by atoms with Crippen LogP contribution in [0, 0.1) is 11.2 Å². The number of aliphatic imine (C=N–C) groups is 1. The van der Waals surface area contributed by atoms with E-state index in [1.165, 1.54) is 11.6 Å². The van der Waals surface area contributed by atoms with E-state index in [-0.39, 0.29) is 16.6 Å². The van der Waals surface area contributed by atoms with Crippen molar-refractivity contribution in [3.8, 4) is 11.3 Å². The molecule has 1 aromatic heterocycles. The maximum atomic E-state index is 14.3. The van der Waals surface area contributed by atoms with Gasteiger partial charge in [0.2, 0.25) is 0 Å². The van der Waals surface area contributed by atoms with Crippen LogP contribution in [0.2, 0.25) is 0 Å².